The standard InChI is InChI=1S/C13H24N2O3/c1-15(11-7-4-3-5-8-11)13(17)14-10-6-9-12(16)18-2/h11H,3-10H2,1-2H3,(H,14,17). The average Bonchev–Trinajstić information content (AvgIpc) is 2.43. The monoisotopic (exact) mass is 256 g/mol. The Morgan fingerprint density at radius 2 is 1.94 bits per heavy atom. The molecular formula is C13H24N2O3. The van der Waals surface area contributed by atoms with E-state index >= 15 is 0 Å². The lowest BCUT2D eigenvalue weighted by Gasteiger charge is -2.31. The van der Waals surface area contributed by atoms with E-state index in [0.717, 1.165) is 12.8 Å². The molecule has 1 aliphatic rings. The largest absolute Gasteiger partial charge is 0.469 e. The number of methoxy groups -OCH3 is 1. The SMILES string of the molecule is COC(=O)CCCNC(=O)N(C)C1CCCCC1. The number of ether oxygens (including phenoxy) is 1. The second-order valence-corrected chi connectivity index (χ2v) is 4.81. The van der Waals surface area contributed by atoms with Gasteiger partial charge in [0, 0.05) is 26.1 Å². The highest BCUT2D eigenvalue weighted by Gasteiger charge is 2.21. The molecule has 2 amide bonds. The number of urea groups is 1. The summed E-state index contributed by atoms with van der Waals surface area (Å²) in [6, 6.07) is 0.339. The lowest BCUT2D eigenvalue weighted by molar-refractivity contribution is -0.140. The fourth-order valence-corrected chi connectivity index (χ4v) is 2.29. The van der Waals surface area contributed by atoms with E-state index < -0.39 is 0 Å². The van der Waals surface area contributed by atoms with Crippen molar-refractivity contribution in [1.82, 2.24) is 10.2 Å². The minimum Gasteiger partial charge on any atom is -0.469 e. The number of rotatable bonds is 5. The average molecular weight is 256 g/mol. The molecule has 104 valence electrons. The van der Waals surface area contributed by atoms with Crippen LogP contribution >= 0.6 is 0 Å². The zero-order valence-electron chi connectivity index (χ0n) is 11.4. The van der Waals surface area contributed by atoms with Crippen molar-refractivity contribution in [2.24, 2.45) is 0 Å². The third-order valence-corrected chi connectivity index (χ3v) is 3.50. The Morgan fingerprint density at radius 1 is 1.28 bits per heavy atom. The van der Waals surface area contributed by atoms with Crippen LogP contribution in [0.1, 0.15) is 44.9 Å². The molecular weight excluding hydrogens is 232 g/mol. The minimum absolute atomic E-state index is 0.0354. The van der Waals surface area contributed by atoms with Crippen molar-refractivity contribution in [3.8, 4) is 0 Å². The predicted molar refractivity (Wildman–Crippen MR) is 69.3 cm³/mol. The van der Waals surface area contributed by atoms with Gasteiger partial charge in [0.15, 0.2) is 0 Å². The smallest absolute Gasteiger partial charge is 0.317 e. The van der Waals surface area contributed by atoms with E-state index in [1.165, 1.54) is 26.4 Å². The summed E-state index contributed by atoms with van der Waals surface area (Å²) in [5, 5.41) is 2.84. The van der Waals surface area contributed by atoms with Gasteiger partial charge in [-0.05, 0) is 19.3 Å². The summed E-state index contributed by atoms with van der Waals surface area (Å²) in [6.07, 6.45) is 6.89. The highest BCUT2D eigenvalue weighted by molar-refractivity contribution is 5.74. The number of hydrogen-bond acceptors (Lipinski definition) is 3. The van der Waals surface area contributed by atoms with Gasteiger partial charge in [0.25, 0.3) is 0 Å². The van der Waals surface area contributed by atoms with E-state index in [9.17, 15) is 9.59 Å². The van der Waals surface area contributed by atoms with Gasteiger partial charge >= 0.3 is 12.0 Å². The molecule has 0 aromatic carbocycles. The molecule has 18 heavy (non-hydrogen) atoms. The number of nitrogens with zero attached hydrogens (tertiary/aromatic N) is 1. The molecule has 0 heterocycles. The number of carbonyl (C=O) groups excluding carboxylic acids is 2. The second kappa shape index (κ2) is 7.95. The molecule has 0 radical (unpaired) electrons. The topological polar surface area (TPSA) is 58.6 Å². The van der Waals surface area contributed by atoms with Crippen LogP contribution in [-0.2, 0) is 9.53 Å². The first-order chi connectivity index (χ1) is 8.65. The summed E-state index contributed by atoms with van der Waals surface area (Å²) in [6.45, 7) is 0.519. The quantitative estimate of drug-likeness (QED) is 0.604. The fraction of sp³-hybridized carbons (Fsp3) is 0.846. The van der Waals surface area contributed by atoms with E-state index in [0.29, 0.717) is 25.4 Å². The Bertz CT molecular complexity index is 275. The lowest BCUT2D eigenvalue weighted by Crippen LogP contribution is -2.44. The number of esters is 1. The molecule has 0 atom stereocenters. The van der Waals surface area contributed by atoms with Gasteiger partial charge in [0.05, 0.1) is 7.11 Å². The molecule has 0 saturated heterocycles. The van der Waals surface area contributed by atoms with Crippen molar-refractivity contribution in [2.45, 2.75) is 51.0 Å². The Morgan fingerprint density at radius 3 is 2.56 bits per heavy atom. The van der Waals surface area contributed by atoms with Crippen molar-refractivity contribution in [3.05, 3.63) is 0 Å². The number of nitrogens with one attached hydrogen (secondary N) is 1. The van der Waals surface area contributed by atoms with Gasteiger partial charge in [-0.25, -0.2) is 4.79 Å². The molecule has 0 aromatic heterocycles. The Kier molecular flexibility index (Phi) is 6.54. The van der Waals surface area contributed by atoms with E-state index in [1.807, 2.05) is 7.05 Å². The number of amides is 2. The van der Waals surface area contributed by atoms with Gasteiger partial charge in [-0.1, -0.05) is 19.3 Å². The van der Waals surface area contributed by atoms with Crippen LogP contribution in [-0.4, -0.2) is 43.6 Å². The Balaban J connectivity index is 2.17. The van der Waals surface area contributed by atoms with Crippen LogP contribution in [0.2, 0.25) is 0 Å². The van der Waals surface area contributed by atoms with Crippen LogP contribution in [0.4, 0.5) is 4.79 Å². The molecule has 1 N–H and O–H groups in total. The van der Waals surface area contributed by atoms with Crippen molar-refractivity contribution in [2.75, 3.05) is 20.7 Å². The van der Waals surface area contributed by atoms with Gasteiger partial charge in [0.1, 0.15) is 0 Å². The van der Waals surface area contributed by atoms with Crippen LogP contribution in [0.15, 0.2) is 0 Å². The first-order valence-corrected chi connectivity index (χ1v) is 6.72. The van der Waals surface area contributed by atoms with Gasteiger partial charge in [-0.2, -0.15) is 0 Å². The summed E-state index contributed by atoms with van der Waals surface area (Å²) in [5.41, 5.74) is 0. The number of hydrogen-bond donors (Lipinski definition) is 1. The summed E-state index contributed by atoms with van der Waals surface area (Å²) in [5.74, 6) is -0.232. The van der Waals surface area contributed by atoms with E-state index in [2.05, 4.69) is 10.1 Å². The maximum absolute atomic E-state index is 11.9. The number of carbonyl (C=O) groups is 2. The highest BCUT2D eigenvalue weighted by Crippen LogP contribution is 2.21. The molecule has 0 aliphatic heterocycles. The molecule has 1 aliphatic carbocycles. The van der Waals surface area contributed by atoms with Crippen molar-refractivity contribution >= 4 is 12.0 Å². The fourth-order valence-electron chi connectivity index (χ4n) is 2.29. The van der Waals surface area contributed by atoms with Crippen molar-refractivity contribution < 1.29 is 14.3 Å². The lowest BCUT2D eigenvalue weighted by atomic mass is 9.95. The molecule has 1 fully saturated rings. The van der Waals surface area contributed by atoms with Crippen LogP contribution in [0, 0.1) is 0 Å². The molecule has 5 heteroatoms. The van der Waals surface area contributed by atoms with Crippen LogP contribution in [0.3, 0.4) is 0 Å². The van der Waals surface area contributed by atoms with Crippen LogP contribution in [0.5, 0.6) is 0 Å². The van der Waals surface area contributed by atoms with Gasteiger partial charge < -0.3 is 15.0 Å². The van der Waals surface area contributed by atoms with Crippen molar-refractivity contribution in [3.63, 3.8) is 0 Å². The normalized spacial score (nSPS) is 16.1. The first-order valence-electron chi connectivity index (χ1n) is 6.72. The Hall–Kier alpha value is -1.26. The molecule has 1 saturated carbocycles. The highest BCUT2D eigenvalue weighted by atomic mass is 16.5. The maximum Gasteiger partial charge on any atom is 0.317 e. The van der Waals surface area contributed by atoms with E-state index in [4.69, 9.17) is 0 Å². The minimum atomic E-state index is -0.232. The molecule has 0 bridgehead atoms. The summed E-state index contributed by atoms with van der Waals surface area (Å²) >= 11 is 0. The van der Waals surface area contributed by atoms with Crippen molar-refractivity contribution in [1.29, 1.82) is 0 Å². The third kappa shape index (κ3) is 4.94. The summed E-state index contributed by atoms with van der Waals surface area (Å²) < 4.78 is 4.54. The molecule has 0 unspecified atom stereocenters. The second-order valence-electron chi connectivity index (χ2n) is 4.81. The molecule has 1 rings (SSSR count). The molecule has 5 nitrogen and oxygen atoms in total. The molecule has 0 aromatic rings. The van der Waals surface area contributed by atoms with E-state index in [-0.39, 0.29) is 12.0 Å². The predicted octanol–water partition coefficient (Wildman–Crippen LogP) is 1.91. The van der Waals surface area contributed by atoms with E-state index in [1.54, 1.807) is 4.90 Å². The molecule has 0 spiro atoms. The van der Waals surface area contributed by atoms with Gasteiger partial charge in [0.2, 0.25) is 0 Å². The third-order valence-electron chi connectivity index (χ3n) is 3.50. The summed E-state index contributed by atoms with van der Waals surface area (Å²) in [7, 11) is 3.23. The summed E-state index contributed by atoms with van der Waals surface area (Å²) in [4.78, 5) is 24.6. The van der Waals surface area contributed by atoms with Gasteiger partial charge in [-0.3, -0.25) is 4.79 Å². The van der Waals surface area contributed by atoms with Crippen LogP contribution < -0.4 is 5.32 Å². The van der Waals surface area contributed by atoms with Gasteiger partial charge in [-0.15, -0.1) is 0 Å². The zero-order chi connectivity index (χ0) is 13.4. The zero-order valence-corrected chi connectivity index (χ0v) is 11.4. The van der Waals surface area contributed by atoms with Crippen LogP contribution in [0.25, 0.3) is 0 Å². The first kappa shape index (κ1) is 14.8. The Labute approximate surface area is 109 Å². The maximum atomic E-state index is 11.9.